The molecule has 0 aromatic heterocycles. The Bertz CT molecular complexity index is 641. The number of non-ortho nitro benzene ring substituents is 1. The molecule has 3 rings (SSSR count). The van der Waals surface area contributed by atoms with Gasteiger partial charge in [0.05, 0.1) is 30.0 Å². The van der Waals surface area contributed by atoms with Crippen LogP contribution in [0.4, 0.5) is 5.69 Å². The molecule has 118 valence electrons. The molecule has 6 nitrogen and oxygen atoms in total. The van der Waals surface area contributed by atoms with Crippen molar-refractivity contribution in [1.29, 1.82) is 0 Å². The Morgan fingerprint density at radius 2 is 2.27 bits per heavy atom. The van der Waals surface area contributed by atoms with E-state index in [1.807, 2.05) is 6.08 Å². The maximum absolute atomic E-state index is 10.9. The van der Waals surface area contributed by atoms with Gasteiger partial charge < -0.3 is 14.7 Å². The Kier molecular flexibility index (Phi) is 3.66. The van der Waals surface area contributed by atoms with Crippen molar-refractivity contribution in [2.75, 3.05) is 19.6 Å². The number of hydrogen-bond acceptors (Lipinski definition) is 4. The number of nitro benzene ring substituents is 1. The van der Waals surface area contributed by atoms with Crippen molar-refractivity contribution in [3.8, 4) is 5.75 Å². The standard InChI is InChI=1S/C16H20N2O4/c1-11(2)9-17-6-5-16(19)13(10-17)7-12-8-14(18(20)21)3-4-15(12)22-16/h3-4,7-8,11,19H,5-6,9-10H2,1-2H3/p+1/t16-/m1/s1. The molecule has 0 aliphatic carbocycles. The van der Waals surface area contributed by atoms with Crippen LogP contribution in [0.2, 0.25) is 0 Å². The van der Waals surface area contributed by atoms with Crippen LogP contribution in [0, 0.1) is 16.0 Å². The van der Waals surface area contributed by atoms with Crippen LogP contribution >= 0.6 is 0 Å². The summed E-state index contributed by atoms with van der Waals surface area (Å²) in [5.74, 6) is -0.173. The van der Waals surface area contributed by atoms with E-state index in [0.717, 1.165) is 18.7 Å². The summed E-state index contributed by atoms with van der Waals surface area (Å²) in [4.78, 5) is 11.9. The molecule has 1 aromatic rings. The van der Waals surface area contributed by atoms with E-state index in [-0.39, 0.29) is 5.69 Å². The van der Waals surface area contributed by atoms with Gasteiger partial charge in [-0.1, -0.05) is 13.8 Å². The molecule has 22 heavy (non-hydrogen) atoms. The monoisotopic (exact) mass is 305 g/mol. The predicted molar refractivity (Wildman–Crippen MR) is 81.7 cm³/mol. The van der Waals surface area contributed by atoms with Gasteiger partial charge in [-0.2, -0.15) is 0 Å². The van der Waals surface area contributed by atoms with Crippen LogP contribution in [0.15, 0.2) is 23.8 Å². The third kappa shape index (κ3) is 2.71. The average molecular weight is 305 g/mol. The van der Waals surface area contributed by atoms with Crippen molar-refractivity contribution in [2.24, 2.45) is 5.92 Å². The van der Waals surface area contributed by atoms with Crippen molar-refractivity contribution < 1.29 is 19.7 Å². The minimum Gasteiger partial charge on any atom is -0.457 e. The van der Waals surface area contributed by atoms with Crippen molar-refractivity contribution in [3.05, 3.63) is 39.4 Å². The molecule has 1 fully saturated rings. The lowest BCUT2D eigenvalue weighted by atomic mass is 9.91. The molecule has 0 amide bonds. The second-order valence-electron chi connectivity index (χ2n) is 6.56. The molecule has 1 unspecified atom stereocenters. The minimum atomic E-state index is -1.26. The van der Waals surface area contributed by atoms with E-state index in [0.29, 0.717) is 30.2 Å². The largest absolute Gasteiger partial charge is 0.457 e. The molecule has 1 saturated heterocycles. The van der Waals surface area contributed by atoms with E-state index in [2.05, 4.69) is 13.8 Å². The van der Waals surface area contributed by atoms with Gasteiger partial charge >= 0.3 is 0 Å². The van der Waals surface area contributed by atoms with E-state index in [9.17, 15) is 15.2 Å². The number of hydrogen-bond donors (Lipinski definition) is 2. The number of quaternary nitrogens is 1. The first-order valence-electron chi connectivity index (χ1n) is 7.62. The van der Waals surface area contributed by atoms with Gasteiger partial charge in [0.15, 0.2) is 0 Å². The molecule has 0 radical (unpaired) electrons. The van der Waals surface area contributed by atoms with E-state index in [1.54, 1.807) is 6.07 Å². The van der Waals surface area contributed by atoms with Crippen LogP contribution in [0.25, 0.3) is 6.08 Å². The van der Waals surface area contributed by atoms with Gasteiger partial charge in [0, 0.05) is 23.6 Å². The summed E-state index contributed by atoms with van der Waals surface area (Å²) in [5, 5.41) is 21.6. The summed E-state index contributed by atoms with van der Waals surface area (Å²) in [5.41, 5.74) is 1.51. The Labute approximate surface area is 129 Å². The molecule has 2 aliphatic rings. The number of nitrogens with zero attached hydrogens (tertiary/aromatic N) is 1. The average Bonchev–Trinajstić information content (AvgIpc) is 2.44. The summed E-state index contributed by atoms with van der Waals surface area (Å²) >= 11 is 0. The molecule has 1 aromatic carbocycles. The molecule has 6 heteroatoms. The smallest absolute Gasteiger partial charge is 0.270 e. The molecule has 2 atom stereocenters. The fourth-order valence-electron chi connectivity index (χ4n) is 3.26. The second kappa shape index (κ2) is 5.37. The third-order valence-corrected chi connectivity index (χ3v) is 4.27. The number of ether oxygens (including phenoxy) is 1. The third-order valence-electron chi connectivity index (χ3n) is 4.27. The van der Waals surface area contributed by atoms with Crippen molar-refractivity contribution in [2.45, 2.75) is 26.1 Å². The molecule has 0 spiro atoms. The zero-order valence-corrected chi connectivity index (χ0v) is 12.8. The summed E-state index contributed by atoms with van der Waals surface area (Å²) in [6.45, 7) is 6.96. The highest BCUT2D eigenvalue weighted by Gasteiger charge is 2.44. The van der Waals surface area contributed by atoms with E-state index < -0.39 is 10.7 Å². The quantitative estimate of drug-likeness (QED) is 0.645. The Morgan fingerprint density at radius 3 is 2.95 bits per heavy atom. The first-order valence-corrected chi connectivity index (χ1v) is 7.62. The molecular formula is C16H21N2O4+. The summed E-state index contributed by atoms with van der Waals surface area (Å²) in [6.07, 6.45) is 2.39. The highest BCUT2D eigenvalue weighted by atomic mass is 16.6. The lowest BCUT2D eigenvalue weighted by Crippen LogP contribution is -3.14. The van der Waals surface area contributed by atoms with Crippen molar-refractivity contribution in [3.63, 3.8) is 0 Å². The normalized spacial score (nSPS) is 26.7. The van der Waals surface area contributed by atoms with Crippen LogP contribution in [-0.2, 0) is 0 Å². The molecule has 2 N–H and O–H groups in total. The summed E-state index contributed by atoms with van der Waals surface area (Å²) in [6, 6.07) is 4.46. The van der Waals surface area contributed by atoms with Crippen LogP contribution in [0.3, 0.4) is 0 Å². The molecule has 0 saturated carbocycles. The number of benzene rings is 1. The van der Waals surface area contributed by atoms with Gasteiger partial charge in [-0.05, 0) is 12.1 Å². The van der Waals surface area contributed by atoms with Crippen molar-refractivity contribution in [1.82, 2.24) is 0 Å². The first kappa shape index (κ1) is 15.0. The number of nitrogens with one attached hydrogen (secondary N) is 1. The summed E-state index contributed by atoms with van der Waals surface area (Å²) in [7, 11) is 0. The maximum atomic E-state index is 10.9. The minimum absolute atomic E-state index is 0.0341. The first-order chi connectivity index (χ1) is 10.4. The summed E-state index contributed by atoms with van der Waals surface area (Å²) < 4.78 is 5.76. The Balaban J connectivity index is 1.92. The van der Waals surface area contributed by atoms with E-state index in [1.165, 1.54) is 17.0 Å². The zero-order valence-electron chi connectivity index (χ0n) is 12.8. The van der Waals surface area contributed by atoms with Gasteiger partial charge in [0.25, 0.3) is 5.69 Å². The fraction of sp³-hybridized carbons (Fsp3) is 0.500. The van der Waals surface area contributed by atoms with Gasteiger partial charge in [-0.3, -0.25) is 10.1 Å². The Morgan fingerprint density at radius 1 is 1.50 bits per heavy atom. The lowest BCUT2D eigenvalue weighted by Gasteiger charge is -2.40. The van der Waals surface area contributed by atoms with Gasteiger partial charge in [-0.25, -0.2) is 0 Å². The van der Waals surface area contributed by atoms with E-state index >= 15 is 0 Å². The van der Waals surface area contributed by atoms with Gasteiger partial charge in [0.2, 0.25) is 5.79 Å². The maximum Gasteiger partial charge on any atom is 0.270 e. The number of likely N-dealkylation sites (tertiary alicyclic amines) is 1. The van der Waals surface area contributed by atoms with Gasteiger partial charge in [-0.15, -0.1) is 0 Å². The molecule has 0 bridgehead atoms. The zero-order chi connectivity index (χ0) is 15.9. The van der Waals surface area contributed by atoms with Crippen LogP contribution < -0.4 is 9.64 Å². The van der Waals surface area contributed by atoms with Crippen LogP contribution in [-0.4, -0.2) is 35.5 Å². The predicted octanol–water partition coefficient (Wildman–Crippen LogP) is 1.00. The number of rotatable bonds is 3. The number of aliphatic hydroxyl groups is 1. The number of piperidine rings is 1. The number of fused-ring (bicyclic) bond motifs is 2. The number of nitro groups is 1. The van der Waals surface area contributed by atoms with Crippen LogP contribution in [0.5, 0.6) is 5.75 Å². The Hall–Kier alpha value is -1.92. The molecular weight excluding hydrogens is 284 g/mol. The molecule has 2 heterocycles. The molecule has 2 aliphatic heterocycles. The van der Waals surface area contributed by atoms with Crippen LogP contribution in [0.1, 0.15) is 25.8 Å². The highest BCUT2D eigenvalue weighted by Crippen LogP contribution is 2.38. The van der Waals surface area contributed by atoms with Gasteiger partial charge in [0.1, 0.15) is 12.3 Å². The SMILES string of the molecule is CC(C)C[NH+]1CC[C@@]2(O)Oc3ccc([N+](=O)[O-])cc3C=C2C1. The van der Waals surface area contributed by atoms with E-state index in [4.69, 9.17) is 4.74 Å². The topological polar surface area (TPSA) is 77.0 Å². The second-order valence-corrected chi connectivity index (χ2v) is 6.56. The fourth-order valence-corrected chi connectivity index (χ4v) is 3.26. The lowest BCUT2D eigenvalue weighted by molar-refractivity contribution is -0.904. The highest BCUT2D eigenvalue weighted by molar-refractivity contribution is 5.66. The van der Waals surface area contributed by atoms with Crippen molar-refractivity contribution >= 4 is 11.8 Å².